The highest BCUT2D eigenvalue weighted by Gasteiger charge is 2.33. The molecule has 0 aromatic rings. The zero-order chi connectivity index (χ0) is 17.6. The van der Waals surface area contributed by atoms with Gasteiger partial charge in [0.2, 0.25) is 0 Å². The molecule has 23 heavy (non-hydrogen) atoms. The van der Waals surface area contributed by atoms with Gasteiger partial charge in [0.25, 0.3) is 5.97 Å². The molecule has 0 heterocycles. The van der Waals surface area contributed by atoms with Crippen LogP contribution >= 0.6 is 0 Å². The Morgan fingerprint density at radius 1 is 0.783 bits per heavy atom. The first kappa shape index (κ1) is 22.8. The van der Waals surface area contributed by atoms with Crippen LogP contribution in [0, 0.1) is 5.92 Å². The maximum absolute atomic E-state index is 5.80. The average Bonchev–Trinajstić information content (AvgIpc) is 2.58. The molecule has 0 saturated heterocycles. The molecule has 140 valence electrons. The van der Waals surface area contributed by atoms with Crippen LogP contribution in [0.15, 0.2) is 0 Å². The highest BCUT2D eigenvalue weighted by Crippen LogP contribution is 2.30. The molecule has 2 unspecified atom stereocenters. The molecule has 4 heteroatoms. The lowest BCUT2D eigenvalue weighted by atomic mass is 9.90. The zero-order valence-electron chi connectivity index (χ0n) is 16.4. The predicted octanol–water partition coefficient (Wildman–Crippen LogP) is 5.15. The van der Waals surface area contributed by atoms with Crippen LogP contribution in [0.2, 0.25) is 0 Å². The minimum Gasteiger partial charge on any atom is -0.379 e. The van der Waals surface area contributed by atoms with Crippen molar-refractivity contribution in [2.75, 3.05) is 27.9 Å². The molecule has 0 spiro atoms. The Bertz CT molecular complexity index is 245. The third-order valence-corrected chi connectivity index (χ3v) is 4.53. The Hall–Kier alpha value is -0.160. The van der Waals surface area contributed by atoms with Crippen molar-refractivity contribution in [2.24, 2.45) is 5.92 Å². The molecular formula is C19H40O4. The van der Waals surface area contributed by atoms with Crippen molar-refractivity contribution in [3.05, 3.63) is 0 Å². The zero-order valence-corrected chi connectivity index (χ0v) is 16.4. The number of methoxy groups -OCH3 is 3. The first-order valence-corrected chi connectivity index (χ1v) is 9.34. The van der Waals surface area contributed by atoms with E-state index in [0.717, 1.165) is 32.3 Å². The smallest absolute Gasteiger partial charge is 0.282 e. The Kier molecular flexibility index (Phi) is 14.1. The second-order valence-corrected chi connectivity index (χ2v) is 6.47. The van der Waals surface area contributed by atoms with Crippen molar-refractivity contribution in [3.8, 4) is 0 Å². The SMILES string of the molecule is CCCCCCC(CCC(C)OCCC)CC(OC)(OC)OC. The summed E-state index contributed by atoms with van der Waals surface area (Å²) < 4.78 is 22.3. The summed E-state index contributed by atoms with van der Waals surface area (Å²) in [4.78, 5) is 0. The molecule has 0 fully saturated rings. The monoisotopic (exact) mass is 332 g/mol. The standard InChI is InChI=1S/C19H40O4/c1-7-9-10-11-12-18(14-13-17(3)23-15-8-2)16-19(20-4,21-5)22-6/h17-18H,7-16H2,1-6H3. The van der Waals surface area contributed by atoms with Crippen LogP contribution < -0.4 is 0 Å². The van der Waals surface area contributed by atoms with Crippen LogP contribution in [0.3, 0.4) is 0 Å². The van der Waals surface area contributed by atoms with Crippen LogP contribution in [0.4, 0.5) is 0 Å². The molecule has 0 aromatic heterocycles. The van der Waals surface area contributed by atoms with Crippen molar-refractivity contribution < 1.29 is 18.9 Å². The lowest BCUT2D eigenvalue weighted by Gasteiger charge is -2.32. The summed E-state index contributed by atoms with van der Waals surface area (Å²) in [5, 5.41) is 0. The van der Waals surface area contributed by atoms with E-state index >= 15 is 0 Å². The van der Waals surface area contributed by atoms with Gasteiger partial charge in [-0.15, -0.1) is 0 Å². The molecule has 0 aliphatic rings. The lowest BCUT2D eigenvalue weighted by Crippen LogP contribution is -2.38. The molecule has 0 aliphatic carbocycles. The van der Waals surface area contributed by atoms with Gasteiger partial charge < -0.3 is 18.9 Å². The summed E-state index contributed by atoms with van der Waals surface area (Å²) in [6.07, 6.45) is 10.7. The molecule has 0 saturated carbocycles. The van der Waals surface area contributed by atoms with Crippen molar-refractivity contribution in [2.45, 2.75) is 90.6 Å². The highest BCUT2D eigenvalue weighted by molar-refractivity contribution is 4.69. The van der Waals surface area contributed by atoms with E-state index in [0.29, 0.717) is 12.0 Å². The predicted molar refractivity (Wildman–Crippen MR) is 95.6 cm³/mol. The molecule has 0 radical (unpaired) electrons. The first-order valence-electron chi connectivity index (χ1n) is 9.34. The number of unbranched alkanes of at least 4 members (excludes halogenated alkanes) is 3. The fourth-order valence-corrected chi connectivity index (χ4v) is 2.93. The van der Waals surface area contributed by atoms with Crippen molar-refractivity contribution >= 4 is 0 Å². The summed E-state index contributed by atoms with van der Waals surface area (Å²) in [5.74, 6) is -0.387. The number of hydrogen-bond donors (Lipinski definition) is 0. The maximum Gasteiger partial charge on any atom is 0.282 e. The van der Waals surface area contributed by atoms with Gasteiger partial charge >= 0.3 is 0 Å². The van der Waals surface area contributed by atoms with E-state index in [1.807, 2.05) is 0 Å². The molecule has 0 aliphatic heterocycles. The average molecular weight is 333 g/mol. The molecule has 4 nitrogen and oxygen atoms in total. The fourth-order valence-electron chi connectivity index (χ4n) is 2.93. The van der Waals surface area contributed by atoms with Crippen LogP contribution in [0.25, 0.3) is 0 Å². The quantitative estimate of drug-likeness (QED) is 0.289. The van der Waals surface area contributed by atoms with Gasteiger partial charge in [0.1, 0.15) is 0 Å². The second-order valence-electron chi connectivity index (χ2n) is 6.47. The van der Waals surface area contributed by atoms with Gasteiger partial charge in [0, 0.05) is 34.4 Å². The minimum atomic E-state index is -0.914. The fraction of sp³-hybridized carbons (Fsp3) is 1.00. The normalized spacial score (nSPS) is 14.9. The summed E-state index contributed by atoms with van der Waals surface area (Å²) in [7, 11) is 4.94. The van der Waals surface area contributed by atoms with Gasteiger partial charge in [-0.25, -0.2) is 0 Å². The third-order valence-electron chi connectivity index (χ3n) is 4.53. The van der Waals surface area contributed by atoms with Gasteiger partial charge in [-0.05, 0) is 32.1 Å². The topological polar surface area (TPSA) is 36.9 Å². The van der Waals surface area contributed by atoms with Crippen LogP contribution in [0.5, 0.6) is 0 Å². The Morgan fingerprint density at radius 2 is 1.43 bits per heavy atom. The van der Waals surface area contributed by atoms with Gasteiger partial charge in [-0.3, -0.25) is 0 Å². The Balaban J connectivity index is 4.48. The summed E-state index contributed by atoms with van der Waals surface area (Å²) in [5.41, 5.74) is 0. The van der Waals surface area contributed by atoms with Gasteiger partial charge in [-0.1, -0.05) is 46.0 Å². The van der Waals surface area contributed by atoms with Gasteiger partial charge in [0.05, 0.1) is 6.10 Å². The summed E-state index contributed by atoms with van der Waals surface area (Å²) in [6, 6.07) is 0. The van der Waals surface area contributed by atoms with Crippen LogP contribution in [0.1, 0.15) is 78.6 Å². The second kappa shape index (κ2) is 14.2. The Morgan fingerprint density at radius 3 is 1.96 bits per heavy atom. The highest BCUT2D eigenvalue weighted by atomic mass is 16.9. The molecule has 0 N–H and O–H groups in total. The minimum absolute atomic E-state index is 0.315. The summed E-state index contributed by atoms with van der Waals surface area (Å²) >= 11 is 0. The molecule has 0 amide bonds. The van der Waals surface area contributed by atoms with E-state index in [4.69, 9.17) is 18.9 Å². The number of rotatable bonds is 16. The number of hydrogen-bond acceptors (Lipinski definition) is 4. The van der Waals surface area contributed by atoms with Crippen LogP contribution in [-0.2, 0) is 18.9 Å². The van der Waals surface area contributed by atoms with Gasteiger partial charge in [0.15, 0.2) is 0 Å². The van der Waals surface area contributed by atoms with Crippen molar-refractivity contribution in [1.82, 2.24) is 0 Å². The number of ether oxygens (including phenoxy) is 4. The van der Waals surface area contributed by atoms with Crippen molar-refractivity contribution in [1.29, 1.82) is 0 Å². The summed E-state index contributed by atoms with van der Waals surface area (Å²) in [6.45, 7) is 7.41. The van der Waals surface area contributed by atoms with Gasteiger partial charge in [-0.2, -0.15) is 0 Å². The Labute approximate surface area is 144 Å². The van der Waals surface area contributed by atoms with E-state index in [-0.39, 0.29) is 0 Å². The van der Waals surface area contributed by atoms with E-state index in [9.17, 15) is 0 Å². The van der Waals surface area contributed by atoms with E-state index < -0.39 is 5.97 Å². The van der Waals surface area contributed by atoms with E-state index in [1.165, 1.54) is 32.1 Å². The molecule has 0 aromatic carbocycles. The first-order chi connectivity index (χ1) is 11.1. The molecule has 0 bridgehead atoms. The molecule has 0 rings (SSSR count). The van der Waals surface area contributed by atoms with Crippen LogP contribution in [-0.4, -0.2) is 40.0 Å². The van der Waals surface area contributed by atoms with Crippen molar-refractivity contribution in [3.63, 3.8) is 0 Å². The maximum atomic E-state index is 5.80. The van der Waals surface area contributed by atoms with E-state index in [1.54, 1.807) is 21.3 Å². The molecular weight excluding hydrogens is 292 g/mol. The molecule has 2 atom stereocenters. The largest absolute Gasteiger partial charge is 0.379 e. The lowest BCUT2D eigenvalue weighted by molar-refractivity contribution is -0.359. The van der Waals surface area contributed by atoms with E-state index in [2.05, 4.69) is 20.8 Å². The third kappa shape index (κ3) is 10.3.